The second-order valence-electron chi connectivity index (χ2n) is 5.89. The lowest BCUT2D eigenvalue weighted by Crippen LogP contribution is -2.28. The third-order valence-corrected chi connectivity index (χ3v) is 5.82. The number of rotatable bonds is 6. The van der Waals surface area contributed by atoms with Gasteiger partial charge in [-0.2, -0.15) is 0 Å². The Kier molecular flexibility index (Phi) is 6.44. The molecule has 1 aliphatic carbocycles. The van der Waals surface area contributed by atoms with Crippen molar-refractivity contribution in [2.45, 2.75) is 50.0 Å². The highest BCUT2D eigenvalue weighted by Crippen LogP contribution is 2.28. The lowest BCUT2D eigenvalue weighted by atomic mass is 9.85. The van der Waals surface area contributed by atoms with E-state index in [1.165, 1.54) is 19.1 Å². The van der Waals surface area contributed by atoms with Crippen molar-refractivity contribution in [3.63, 3.8) is 0 Å². The minimum atomic E-state index is -3.48. The van der Waals surface area contributed by atoms with Crippen molar-refractivity contribution in [1.82, 2.24) is 4.72 Å². The van der Waals surface area contributed by atoms with Gasteiger partial charge < -0.3 is 4.74 Å². The normalized spacial score (nSPS) is 21.8. The van der Waals surface area contributed by atoms with E-state index in [0.29, 0.717) is 17.5 Å². The van der Waals surface area contributed by atoms with Gasteiger partial charge in [0.2, 0.25) is 10.0 Å². The molecule has 0 aromatic heterocycles. The van der Waals surface area contributed by atoms with E-state index < -0.39 is 10.0 Å². The van der Waals surface area contributed by atoms with Crippen molar-refractivity contribution in [1.29, 1.82) is 0 Å². The maximum absolute atomic E-state index is 12.1. The van der Waals surface area contributed by atoms with E-state index in [1.54, 1.807) is 12.1 Å². The maximum Gasteiger partial charge on any atom is 0.302 e. The first kappa shape index (κ1) is 18.2. The van der Waals surface area contributed by atoms with E-state index in [2.05, 4.69) is 4.72 Å². The molecule has 0 aliphatic heterocycles. The van der Waals surface area contributed by atoms with Gasteiger partial charge >= 0.3 is 5.97 Å². The smallest absolute Gasteiger partial charge is 0.302 e. The minimum absolute atomic E-state index is 0.0227. The molecule has 128 valence electrons. The summed E-state index contributed by atoms with van der Waals surface area (Å²) in [7, 11) is -3.48. The van der Waals surface area contributed by atoms with E-state index in [4.69, 9.17) is 16.3 Å². The van der Waals surface area contributed by atoms with Gasteiger partial charge in [-0.3, -0.25) is 4.79 Å². The fraction of sp³-hybridized carbons (Fsp3) is 0.562. The number of sulfonamides is 1. The van der Waals surface area contributed by atoms with Gasteiger partial charge in [-0.05, 0) is 62.3 Å². The zero-order valence-electron chi connectivity index (χ0n) is 13.1. The van der Waals surface area contributed by atoms with Gasteiger partial charge in [0.1, 0.15) is 6.10 Å². The average molecular weight is 360 g/mol. The number of halogens is 1. The van der Waals surface area contributed by atoms with Crippen LogP contribution in [-0.2, 0) is 19.6 Å². The third-order valence-electron chi connectivity index (χ3n) is 4.10. The van der Waals surface area contributed by atoms with Crippen molar-refractivity contribution >= 4 is 27.6 Å². The second kappa shape index (κ2) is 8.13. The first-order valence-electron chi connectivity index (χ1n) is 7.79. The number of benzene rings is 1. The minimum Gasteiger partial charge on any atom is -0.463 e. The first-order chi connectivity index (χ1) is 10.9. The fourth-order valence-corrected chi connectivity index (χ4v) is 4.04. The molecule has 23 heavy (non-hydrogen) atoms. The Morgan fingerprint density at radius 3 is 2.39 bits per heavy atom. The van der Waals surface area contributed by atoms with Gasteiger partial charge in [0.15, 0.2) is 0 Å². The zero-order valence-corrected chi connectivity index (χ0v) is 14.7. The van der Waals surface area contributed by atoms with Crippen molar-refractivity contribution in [3.8, 4) is 0 Å². The highest BCUT2D eigenvalue weighted by Gasteiger charge is 2.23. The predicted octanol–water partition coefficient (Wildman–Crippen LogP) is 3.13. The Balaban J connectivity index is 1.75. The largest absolute Gasteiger partial charge is 0.463 e. The average Bonchev–Trinajstić information content (AvgIpc) is 2.49. The molecule has 2 rings (SSSR count). The molecule has 1 saturated carbocycles. The van der Waals surface area contributed by atoms with Gasteiger partial charge in [-0.15, -0.1) is 0 Å². The van der Waals surface area contributed by atoms with Crippen LogP contribution in [-0.4, -0.2) is 27.0 Å². The summed E-state index contributed by atoms with van der Waals surface area (Å²) in [6.45, 7) is 1.84. The van der Waals surface area contributed by atoms with Crippen molar-refractivity contribution in [3.05, 3.63) is 29.3 Å². The van der Waals surface area contributed by atoms with E-state index in [1.807, 2.05) is 0 Å². The summed E-state index contributed by atoms with van der Waals surface area (Å²) in [6, 6.07) is 6.11. The van der Waals surface area contributed by atoms with Gasteiger partial charge in [0.05, 0.1) is 4.90 Å². The summed E-state index contributed by atoms with van der Waals surface area (Å²) < 4.78 is 32.1. The van der Waals surface area contributed by atoms with Crippen LogP contribution in [0.2, 0.25) is 5.02 Å². The topological polar surface area (TPSA) is 72.5 Å². The standard InChI is InChI=1S/C16H22ClNO4S/c1-12(19)22-15-6-2-13(3-7-15)10-11-18-23(20,21)16-8-4-14(17)5-9-16/h4-5,8-9,13,15,18H,2-3,6-7,10-11H2,1H3. The van der Waals surface area contributed by atoms with Crippen LogP contribution < -0.4 is 4.72 Å². The molecule has 0 bridgehead atoms. The molecule has 5 nitrogen and oxygen atoms in total. The second-order valence-corrected chi connectivity index (χ2v) is 8.10. The summed E-state index contributed by atoms with van der Waals surface area (Å²) in [5, 5.41) is 0.508. The Morgan fingerprint density at radius 2 is 1.83 bits per heavy atom. The van der Waals surface area contributed by atoms with E-state index >= 15 is 0 Å². The van der Waals surface area contributed by atoms with Crippen LogP contribution >= 0.6 is 11.6 Å². The Labute approximate surface area is 142 Å². The summed E-state index contributed by atoms with van der Waals surface area (Å²) in [4.78, 5) is 11.1. The van der Waals surface area contributed by atoms with E-state index in [0.717, 1.165) is 32.1 Å². The van der Waals surface area contributed by atoms with Gasteiger partial charge in [0, 0.05) is 18.5 Å². The number of carbonyl (C=O) groups excluding carboxylic acids is 1. The van der Waals surface area contributed by atoms with E-state index in [9.17, 15) is 13.2 Å². The van der Waals surface area contributed by atoms with Crippen molar-refractivity contribution < 1.29 is 17.9 Å². The monoisotopic (exact) mass is 359 g/mol. The Hall–Kier alpha value is -1.11. The van der Waals surface area contributed by atoms with Gasteiger partial charge in [0.25, 0.3) is 0 Å². The lowest BCUT2D eigenvalue weighted by Gasteiger charge is -2.28. The van der Waals surface area contributed by atoms with Crippen LogP contribution in [0.25, 0.3) is 0 Å². The SMILES string of the molecule is CC(=O)OC1CCC(CCNS(=O)(=O)c2ccc(Cl)cc2)CC1. The number of ether oxygens (including phenoxy) is 1. The molecular formula is C16H22ClNO4S. The zero-order chi connectivity index (χ0) is 16.9. The fourth-order valence-electron chi connectivity index (χ4n) is 2.87. The Morgan fingerprint density at radius 1 is 1.22 bits per heavy atom. The summed E-state index contributed by atoms with van der Waals surface area (Å²) in [5.41, 5.74) is 0. The van der Waals surface area contributed by atoms with Crippen LogP contribution in [0.1, 0.15) is 39.0 Å². The molecule has 1 aromatic carbocycles. The lowest BCUT2D eigenvalue weighted by molar-refractivity contribution is -0.148. The number of nitrogens with one attached hydrogen (secondary N) is 1. The number of esters is 1. The van der Waals surface area contributed by atoms with Gasteiger partial charge in [-0.1, -0.05) is 11.6 Å². The van der Waals surface area contributed by atoms with Crippen molar-refractivity contribution in [2.24, 2.45) is 5.92 Å². The predicted molar refractivity (Wildman–Crippen MR) is 88.8 cm³/mol. The first-order valence-corrected chi connectivity index (χ1v) is 9.65. The molecule has 1 fully saturated rings. The molecule has 0 amide bonds. The summed E-state index contributed by atoms with van der Waals surface area (Å²) >= 11 is 5.76. The maximum atomic E-state index is 12.1. The van der Waals surface area contributed by atoms with Gasteiger partial charge in [-0.25, -0.2) is 13.1 Å². The molecule has 0 atom stereocenters. The van der Waals surface area contributed by atoms with Crippen LogP contribution in [0, 0.1) is 5.92 Å². The molecule has 1 N–H and O–H groups in total. The molecule has 1 aromatic rings. The highest BCUT2D eigenvalue weighted by molar-refractivity contribution is 7.89. The molecule has 0 heterocycles. The quantitative estimate of drug-likeness (QED) is 0.792. The molecule has 7 heteroatoms. The van der Waals surface area contributed by atoms with Crippen molar-refractivity contribution in [2.75, 3.05) is 6.54 Å². The summed E-state index contributed by atoms with van der Waals surface area (Å²) in [5.74, 6) is 0.235. The molecule has 1 aliphatic rings. The van der Waals surface area contributed by atoms with Crippen LogP contribution in [0.4, 0.5) is 0 Å². The molecule has 0 saturated heterocycles. The number of hydrogen-bond donors (Lipinski definition) is 1. The van der Waals surface area contributed by atoms with Crippen LogP contribution in [0.15, 0.2) is 29.2 Å². The van der Waals surface area contributed by atoms with Crippen LogP contribution in [0.5, 0.6) is 0 Å². The molecule has 0 spiro atoms. The molecule has 0 radical (unpaired) electrons. The van der Waals surface area contributed by atoms with E-state index in [-0.39, 0.29) is 17.0 Å². The third kappa shape index (κ3) is 5.79. The molecular weight excluding hydrogens is 338 g/mol. The number of hydrogen-bond acceptors (Lipinski definition) is 4. The number of carbonyl (C=O) groups is 1. The highest BCUT2D eigenvalue weighted by atomic mass is 35.5. The Bertz CT molecular complexity index is 622. The van der Waals surface area contributed by atoms with Crippen LogP contribution in [0.3, 0.4) is 0 Å². The summed E-state index contributed by atoms with van der Waals surface area (Å²) in [6.07, 6.45) is 4.44. The molecule has 0 unspecified atom stereocenters.